The van der Waals surface area contributed by atoms with Gasteiger partial charge in [-0.3, -0.25) is 6.13 Å². The van der Waals surface area contributed by atoms with Gasteiger partial charge < -0.3 is 19.9 Å². The fraction of sp³-hybridized carbons (Fsp3) is 0.655. The summed E-state index contributed by atoms with van der Waals surface area (Å²) >= 11 is 3.38. The number of halogens is 2. The van der Waals surface area contributed by atoms with Gasteiger partial charge in [0.25, 0.3) is 0 Å². The Labute approximate surface area is 252 Å². The summed E-state index contributed by atoms with van der Waals surface area (Å²) in [6.45, 7) is 10.5. The van der Waals surface area contributed by atoms with Crippen molar-refractivity contribution in [1.29, 1.82) is 0 Å². The standard InChI is InChI=1S/C29H47I2NO5/c1-6-9-10-11-12-13-22(5)14-15-23(8-3)17-25(28(34)36-30)26-18-32(19-27(26)29(35)37-31)24(20-33)16-21(4)7-2/h7,14,17-19,23-24,28-29,33-35H,6,8-13,15-16,20H2,1-5H3/b21-7+,22-14+,25-17+. The van der Waals surface area contributed by atoms with Crippen LogP contribution in [0.2, 0.25) is 0 Å². The molecule has 0 amide bonds. The van der Waals surface area contributed by atoms with Crippen molar-refractivity contribution in [1.82, 2.24) is 4.57 Å². The van der Waals surface area contributed by atoms with Gasteiger partial charge in [0, 0.05) is 29.1 Å². The van der Waals surface area contributed by atoms with Crippen molar-refractivity contribution in [3.63, 3.8) is 0 Å². The fourth-order valence-corrected chi connectivity index (χ4v) is 4.91. The van der Waals surface area contributed by atoms with Gasteiger partial charge in [0.2, 0.25) is 0 Å². The second kappa shape index (κ2) is 19.8. The highest BCUT2D eigenvalue weighted by molar-refractivity contribution is 14.1. The third-order valence-corrected chi connectivity index (χ3v) is 7.92. The van der Waals surface area contributed by atoms with Gasteiger partial charge in [-0.05, 0) is 58.8 Å². The van der Waals surface area contributed by atoms with E-state index >= 15 is 0 Å². The Hall–Kier alpha value is -0.240. The first-order chi connectivity index (χ1) is 17.8. The van der Waals surface area contributed by atoms with Gasteiger partial charge in [0.1, 0.15) is 46.0 Å². The number of nitrogens with zero attached hydrogens (tertiary/aromatic N) is 1. The van der Waals surface area contributed by atoms with Crippen LogP contribution in [0, 0.1) is 5.92 Å². The molecule has 0 aliphatic heterocycles. The maximum Gasteiger partial charge on any atom is 0.194 e. The predicted octanol–water partition coefficient (Wildman–Crippen LogP) is 8.53. The smallest absolute Gasteiger partial charge is 0.194 e. The lowest BCUT2D eigenvalue weighted by atomic mass is 9.93. The number of aliphatic hydroxyl groups excluding tert-OH is 3. The van der Waals surface area contributed by atoms with E-state index in [9.17, 15) is 15.3 Å². The minimum absolute atomic E-state index is 0.0512. The van der Waals surface area contributed by atoms with Crippen LogP contribution >= 0.6 is 46.0 Å². The summed E-state index contributed by atoms with van der Waals surface area (Å²) in [7, 11) is 0. The van der Waals surface area contributed by atoms with Gasteiger partial charge in [0.15, 0.2) is 12.6 Å². The van der Waals surface area contributed by atoms with Gasteiger partial charge in [-0.15, -0.1) is 0 Å². The molecule has 0 saturated heterocycles. The number of unbranched alkanes of at least 4 members (excludes halogenated alkanes) is 4. The molecule has 3 N–H and O–H groups in total. The van der Waals surface area contributed by atoms with Crippen molar-refractivity contribution in [2.75, 3.05) is 6.61 Å². The van der Waals surface area contributed by atoms with Crippen LogP contribution in [0.25, 0.3) is 5.57 Å². The van der Waals surface area contributed by atoms with Crippen LogP contribution in [0.5, 0.6) is 0 Å². The molecule has 1 aromatic heterocycles. The van der Waals surface area contributed by atoms with E-state index in [-0.39, 0.29) is 18.6 Å². The molecule has 37 heavy (non-hydrogen) atoms. The fourth-order valence-electron chi connectivity index (χ4n) is 4.36. The van der Waals surface area contributed by atoms with Crippen molar-refractivity contribution in [2.24, 2.45) is 5.92 Å². The van der Waals surface area contributed by atoms with E-state index < -0.39 is 12.6 Å². The van der Waals surface area contributed by atoms with Crippen molar-refractivity contribution in [3.8, 4) is 0 Å². The topological polar surface area (TPSA) is 84.1 Å². The van der Waals surface area contributed by atoms with Crippen LogP contribution in [-0.2, 0) is 6.13 Å². The van der Waals surface area contributed by atoms with Gasteiger partial charge >= 0.3 is 0 Å². The zero-order valence-corrected chi connectivity index (χ0v) is 27.4. The lowest BCUT2D eigenvalue weighted by Gasteiger charge is -2.18. The van der Waals surface area contributed by atoms with Gasteiger partial charge in [-0.25, -0.2) is 0 Å². The van der Waals surface area contributed by atoms with Gasteiger partial charge in [-0.1, -0.05) is 68.9 Å². The van der Waals surface area contributed by atoms with Crippen LogP contribution < -0.4 is 0 Å². The highest BCUT2D eigenvalue weighted by Gasteiger charge is 2.25. The van der Waals surface area contributed by atoms with Crippen LogP contribution in [0.15, 0.2) is 41.8 Å². The minimum Gasteiger partial charge on any atom is -0.394 e. The summed E-state index contributed by atoms with van der Waals surface area (Å²) < 4.78 is 12.4. The number of allylic oxidation sites excluding steroid dienone is 5. The third-order valence-electron chi connectivity index (χ3n) is 6.96. The van der Waals surface area contributed by atoms with E-state index in [2.05, 4.69) is 32.9 Å². The molecule has 0 bridgehead atoms. The number of aromatic nitrogens is 1. The first-order valence-electron chi connectivity index (χ1n) is 13.5. The Balaban J connectivity index is 3.30. The zero-order valence-electron chi connectivity index (χ0n) is 23.1. The quantitative estimate of drug-likeness (QED) is 0.0573. The molecule has 0 fully saturated rings. The second-order valence-corrected chi connectivity index (χ2v) is 10.9. The van der Waals surface area contributed by atoms with E-state index in [1.807, 2.05) is 30.7 Å². The van der Waals surface area contributed by atoms with Crippen molar-refractivity contribution < 1.29 is 21.5 Å². The molecule has 212 valence electrons. The lowest BCUT2D eigenvalue weighted by molar-refractivity contribution is 0.0161. The molecule has 0 aliphatic rings. The van der Waals surface area contributed by atoms with Gasteiger partial charge in [-0.2, -0.15) is 0 Å². The molecule has 4 atom stereocenters. The summed E-state index contributed by atoms with van der Waals surface area (Å²) in [4.78, 5) is 0. The molecule has 0 saturated carbocycles. The number of hydrogen-bond donors (Lipinski definition) is 3. The zero-order chi connectivity index (χ0) is 27.8. The molecule has 0 aliphatic carbocycles. The van der Waals surface area contributed by atoms with Crippen molar-refractivity contribution in [3.05, 3.63) is 52.9 Å². The Morgan fingerprint density at radius 2 is 1.73 bits per heavy atom. The molecule has 6 nitrogen and oxygen atoms in total. The molecule has 0 radical (unpaired) electrons. The van der Waals surface area contributed by atoms with E-state index in [1.54, 1.807) is 52.2 Å². The van der Waals surface area contributed by atoms with Crippen LogP contribution in [0.3, 0.4) is 0 Å². The summed E-state index contributed by atoms with van der Waals surface area (Å²) in [5.74, 6) is 0.194. The van der Waals surface area contributed by atoms with E-state index in [1.165, 1.54) is 37.7 Å². The van der Waals surface area contributed by atoms with Crippen LogP contribution in [0.4, 0.5) is 0 Å². The van der Waals surface area contributed by atoms with E-state index in [4.69, 9.17) is 6.13 Å². The summed E-state index contributed by atoms with van der Waals surface area (Å²) in [5.41, 5.74) is 4.33. The van der Waals surface area contributed by atoms with E-state index in [0.29, 0.717) is 23.1 Å². The maximum absolute atomic E-state index is 10.8. The predicted molar refractivity (Wildman–Crippen MR) is 169 cm³/mol. The number of hydrogen-bond acceptors (Lipinski definition) is 5. The Bertz CT molecular complexity index is 864. The molecule has 4 unspecified atom stereocenters. The average Bonchev–Trinajstić information content (AvgIpc) is 3.35. The number of rotatable bonds is 19. The molecule has 1 aromatic rings. The molecule has 1 heterocycles. The molecule has 1 rings (SSSR count). The third kappa shape index (κ3) is 12.2. The first-order valence-corrected chi connectivity index (χ1v) is 15.2. The largest absolute Gasteiger partial charge is 0.394 e. The minimum atomic E-state index is -1.18. The maximum atomic E-state index is 10.8. The second-order valence-electron chi connectivity index (χ2n) is 9.87. The lowest BCUT2D eigenvalue weighted by Crippen LogP contribution is -2.13. The molecular weight excluding hydrogens is 696 g/mol. The highest BCUT2D eigenvalue weighted by Crippen LogP contribution is 2.34. The Kier molecular flexibility index (Phi) is 18.6. The summed E-state index contributed by atoms with van der Waals surface area (Å²) in [6.07, 6.45) is 17.7. The highest BCUT2D eigenvalue weighted by atomic mass is 127. The summed E-state index contributed by atoms with van der Waals surface area (Å²) in [6, 6.07) is -0.200. The Morgan fingerprint density at radius 1 is 1.03 bits per heavy atom. The molecule has 0 spiro atoms. The SMILES string of the molecule is C/C=C(\C)CC(CO)n1cc(/C(=C\C(CC)C/C=C(\C)CCCCCCC)C(O)OI)c(C(O)OI)c1. The molecule has 8 heteroatoms. The Morgan fingerprint density at radius 3 is 2.30 bits per heavy atom. The average molecular weight is 744 g/mol. The van der Waals surface area contributed by atoms with Crippen molar-refractivity contribution >= 4 is 51.6 Å². The molecule has 0 aromatic carbocycles. The van der Waals surface area contributed by atoms with E-state index in [0.717, 1.165) is 24.8 Å². The van der Waals surface area contributed by atoms with Crippen molar-refractivity contribution in [2.45, 2.75) is 111 Å². The summed E-state index contributed by atoms with van der Waals surface area (Å²) in [5, 5.41) is 31.6. The van der Waals surface area contributed by atoms with Crippen LogP contribution in [-0.4, -0.2) is 32.8 Å². The normalized spacial score (nSPS) is 16.6. The first kappa shape index (κ1) is 34.8. The number of aliphatic hydroxyl groups is 3. The van der Waals surface area contributed by atoms with Gasteiger partial charge in [0.05, 0.1) is 12.6 Å². The monoisotopic (exact) mass is 743 g/mol. The van der Waals surface area contributed by atoms with Crippen LogP contribution in [0.1, 0.15) is 116 Å². The molecular formula is C29H47I2NO5.